The summed E-state index contributed by atoms with van der Waals surface area (Å²) in [5, 5.41) is 0. The third-order valence-corrected chi connectivity index (χ3v) is 5.16. The Labute approximate surface area is 166 Å². The molecule has 1 fully saturated rings. The number of hydrogen-bond donors (Lipinski definition) is 0. The summed E-state index contributed by atoms with van der Waals surface area (Å²) in [7, 11) is 5.43. The van der Waals surface area contributed by atoms with Gasteiger partial charge in [0.2, 0.25) is 0 Å². The number of nitrogens with zero attached hydrogens (tertiary/aromatic N) is 2. The van der Waals surface area contributed by atoms with Gasteiger partial charge in [-0.15, -0.1) is 0 Å². The van der Waals surface area contributed by atoms with Gasteiger partial charge >= 0.3 is 0 Å². The second-order valence-corrected chi connectivity index (χ2v) is 7.11. The molecule has 1 aliphatic rings. The van der Waals surface area contributed by atoms with E-state index in [0.29, 0.717) is 5.75 Å². The summed E-state index contributed by atoms with van der Waals surface area (Å²) in [5.74, 6) is 1.67. The Hall–Kier alpha value is -2.31. The Kier molecular flexibility index (Phi) is 7.12. The highest BCUT2D eigenvalue weighted by atomic mass is 19.1. The van der Waals surface area contributed by atoms with Gasteiger partial charge < -0.3 is 24.0 Å². The van der Waals surface area contributed by atoms with E-state index in [4.69, 9.17) is 14.2 Å². The average molecular weight is 388 g/mol. The number of ether oxygens (including phenoxy) is 3. The number of methoxy groups -OCH3 is 2. The first-order valence-electron chi connectivity index (χ1n) is 9.64. The van der Waals surface area contributed by atoms with E-state index in [9.17, 15) is 4.39 Å². The Morgan fingerprint density at radius 3 is 2.43 bits per heavy atom. The van der Waals surface area contributed by atoms with E-state index in [2.05, 4.69) is 16.8 Å². The number of rotatable bonds is 8. The predicted octanol–water partition coefficient (Wildman–Crippen LogP) is 3.60. The van der Waals surface area contributed by atoms with Crippen molar-refractivity contribution in [2.24, 2.45) is 0 Å². The topological polar surface area (TPSA) is 34.2 Å². The zero-order valence-corrected chi connectivity index (χ0v) is 16.9. The van der Waals surface area contributed by atoms with Gasteiger partial charge in [-0.25, -0.2) is 4.39 Å². The van der Waals surface area contributed by atoms with Crippen molar-refractivity contribution in [2.45, 2.75) is 12.5 Å². The lowest BCUT2D eigenvalue weighted by molar-refractivity contribution is 0.122. The molecule has 6 heteroatoms. The van der Waals surface area contributed by atoms with Crippen molar-refractivity contribution in [1.82, 2.24) is 9.80 Å². The van der Waals surface area contributed by atoms with E-state index in [1.165, 1.54) is 12.1 Å². The van der Waals surface area contributed by atoms with E-state index >= 15 is 0 Å². The normalized spacial score (nSPS) is 16.6. The van der Waals surface area contributed by atoms with Crippen molar-refractivity contribution in [3.05, 3.63) is 53.8 Å². The van der Waals surface area contributed by atoms with Crippen LogP contribution in [0.2, 0.25) is 0 Å². The third-order valence-electron chi connectivity index (χ3n) is 5.16. The maximum absolute atomic E-state index is 13.7. The van der Waals surface area contributed by atoms with Crippen LogP contribution in [-0.4, -0.2) is 63.8 Å². The first-order chi connectivity index (χ1) is 13.6. The molecule has 0 N–H and O–H groups in total. The van der Waals surface area contributed by atoms with Crippen molar-refractivity contribution in [1.29, 1.82) is 0 Å². The molecule has 0 amide bonds. The molecule has 2 aromatic rings. The van der Waals surface area contributed by atoms with Gasteiger partial charge in [-0.05, 0) is 37.4 Å². The molecule has 1 unspecified atom stereocenters. The van der Waals surface area contributed by atoms with Gasteiger partial charge in [-0.1, -0.05) is 6.07 Å². The maximum Gasteiger partial charge on any atom is 0.129 e. The highest BCUT2D eigenvalue weighted by Gasteiger charge is 2.22. The SMILES string of the molecule is COc1ccc(OC)c(C(CCN2CCN(C)CC2)Oc2cccc(F)c2)c1. The standard InChI is InChI=1S/C22H29FN2O3/c1-24-11-13-25(14-12-24)10-9-22(28-19-6-4-5-17(23)15-19)20-16-18(26-2)7-8-21(20)27-3/h4-8,15-16,22H,9-14H2,1-3H3. The van der Waals surface area contributed by atoms with Gasteiger partial charge in [0.15, 0.2) is 0 Å². The Balaban J connectivity index is 1.81. The maximum atomic E-state index is 13.7. The molecule has 0 spiro atoms. The van der Waals surface area contributed by atoms with Crippen molar-refractivity contribution in [3.8, 4) is 17.2 Å². The molecule has 152 valence electrons. The molecule has 3 rings (SSSR count). The second kappa shape index (κ2) is 9.75. The number of benzene rings is 2. The lowest BCUT2D eigenvalue weighted by Gasteiger charge is -2.33. The molecule has 0 radical (unpaired) electrons. The average Bonchev–Trinajstić information content (AvgIpc) is 2.72. The summed E-state index contributed by atoms with van der Waals surface area (Å²) in [6.45, 7) is 5.11. The Morgan fingerprint density at radius 2 is 1.75 bits per heavy atom. The van der Waals surface area contributed by atoms with Crippen molar-refractivity contribution < 1.29 is 18.6 Å². The predicted molar refractivity (Wildman–Crippen MR) is 108 cm³/mol. The lowest BCUT2D eigenvalue weighted by atomic mass is 10.0. The first kappa shape index (κ1) is 20.4. The number of hydrogen-bond acceptors (Lipinski definition) is 5. The van der Waals surface area contributed by atoms with Crippen LogP contribution in [-0.2, 0) is 0 Å². The van der Waals surface area contributed by atoms with Crippen LogP contribution >= 0.6 is 0 Å². The minimum absolute atomic E-state index is 0.272. The highest BCUT2D eigenvalue weighted by molar-refractivity contribution is 5.42. The second-order valence-electron chi connectivity index (χ2n) is 7.11. The fraction of sp³-hybridized carbons (Fsp3) is 0.455. The van der Waals surface area contributed by atoms with Gasteiger partial charge in [0, 0.05) is 50.8 Å². The van der Waals surface area contributed by atoms with Crippen LogP contribution in [0.5, 0.6) is 17.2 Å². The molecule has 0 saturated carbocycles. The molecule has 1 atom stereocenters. The molecule has 2 aromatic carbocycles. The van der Waals surface area contributed by atoms with Crippen LogP contribution in [0.1, 0.15) is 18.1 Å². The van der Waals surface area contributed by atoms with Gasteiger partial charge in [-0.2, -0.15) is 0 Å². The summed E-state index contributed by atoms with van der Waals surface area (Å²) >= 11 is 0. The third kappa shape index (κ3) is 5.36. The van der Waals surface area contributed by atoms with Gasteiger partial charge in [-0.3, -0.25) is 0 Å². The van der Waals surface area contributed by atoms with Gasteiger partial charge in [0.1, 0.15) is 29.2 Å². The van der Waals surface area contributed by atoms with Crippen LogP contribution in [0.3, 0.4) is 0 Å². The van der Waals surface area contributed by atoms with Crippen LogP contribution in [0.4, 0.5) is 4.39 Å². The summed E-state index contributed by atoms with van der Waals surface area (Å²) in [5.41, 5.74) is 0.903. The molecular formula is C22H29FN2O3. The minimum Gasteiger partial charge on any atom is -0.497 e. The monoisotopic (exact) mass is 388 g/mol. The Morgan fingerprint density at radius 1 is 0.964 bits per heavy atom. The summed E-state index contributed by atoms with van der Waals surface area (Å²) in [6.07, 6.45) is 0.496. The first-order valence-corrected chi connectivity index (χ1v) is 9.64. The quantitative estimate of drug-likeness (QED) is 0.690. The molecule has 1 aliphatic heterocycles. The fourth-order valence-electron chi connectivity index (χ4n) is 3.44. The fourth-order valence-corrected chi connectivity index (χ4v) is 3.44. The lowest BCUT2D eigenvalue weighted by Crippen LogP contribution is -2.45. The number of likely N-dealkylation sites (N-methyl/N-ethyl adjacent to an activating group) is 1. The van der Waals surface area contributed by atoms with Gasteiger partial charge in [0.25, 0.3) is 0 Å². The van der Waals surface area contributed by atoms with E-state index in [-0.39, 0.29) is 11.9 Å². The zero-order chi connectivity index (χ0) is 19.9. The number of halogens is 1. The molecule has 5 nitrogen and oxygen atoms in total. The van der Waals surface area contributed by atoms with E-state index in [1.54, 1.807) is 26.4 Å². The van der Waals surface area contributed by atoms with Crippen LogP contribution in [0, 0.1) is 5.82 Å². The molecule has 28 heavy (non-hydrogen) atoms. The highest BCUT2D eigenvalue weighted by Crippen LogP contribution is 2.34. The molecule has 1 heterocycles. The van der Waals surface area contributed by atoms with E-state index < -0.39 is 0 Å². The largest absolute Gasteiger partial charge is 0.497 e. The summed E-state index contributed by atoms with van der Waals surface area (Å²) in [6, 6.07) is 11.9. The zero-order valence-electron chi connectivity index (χ0n) is 16.9. The summed E-state index contributed by atoms with van der Waals surface area (Å²) in [4.78, 5) is 4.77. The van der Waals surface area contributed by atoms with Crippen LogP contribution in [0.15, 0.2) is 42.5 Å². The molecule has 0 aliphatic carbocycles. The number of piperazine rings is 1. The minimum atomic E-state index is -0.312. The molecule has 0 aromatic heterocycles. The van der Waals surface area contributed by atoms with Crippen molar-refractivity contribution in [3.63, 3.8) is 0 Å². The van der Waals surface area contributed by atoms with E-state index in [1.807, 2.05) is 18.2 Å². The smallest absolute Gasteiger partial charge is 0.129 e. The summed E-state index contributed by atoms with van der Waals surface area (Å²) < 4.78 is 30.8. The van der Waals surface area contributed by atoms with Crippen LogP contribution < -0.4 is 14.2 Å². The van der Waals surface area contributed by atoms with E-state index in [0.717, 1.165) is 56.2 Å². The van der Waals surface area contributed by atoms with Crippen molar-refractivity contribution >= 4 is 0 Å². The van der Waals surface area contributed by atoms with Crippen molar-refractivity contribution in [2.75, 3.05) is 54.0 Å². The molecule has 1 saturated heterocycles. The van der Waals surface area contributed by atoms with Gasteiger partial charge in [0.05, 0.1) is 14.2 Å². The van der Waals surface area contributed by atoms with Crippen LogP contribution in [0.25, 0.3) is 0 Å². The molecular weight excluding hydrogens is 359 g/mol. The molecule has 0 bridgehead atoms. The Bertz CT molecular complexity index is 763.